The van der Waals surface area contributed by atoms with Crippen LogP contribution in [0.2, 0.25) is 0 Å². The number of aliphatic carboxylic acids is 1. The first kappa shape index (κ1) is 16.0. The Hall–Kier alpha value is -1.06. The minimum atomic E-state index is -0.987. The lowest BCUT2D eigenvalue weighted by molar-refractivity contribution is -0.153. The number of carboxylic acids is 1. The van der Waals surface area contributed by atoms with E-state index >= 15 is 0 Å². The van der Waals surface area contributed by atoms with Crippen molar-refractivity contribution in [2.45, 2.75) is 65.8 Å². The van der Waals surface area contributed by atoms with E-state index in [9.17, 15) is 14.7 Å². The smallest absolute Gasteiger partial charge is 0.310 e. The molecule has 19 heavy (non-hydrogen) atoms. The molecule has 0 aromatic rings. The number of nitrogens with one attached hydrogen (secondary N) is 1. The van der Waals surface area contributed by atoms with E-state index < -0.39 is 11.4 Å². The number of carboxylic acid groups (broad SMARTS) is 1. The summed E-state index contributed by atoms with van der Waals surface area (Å²) in [5.41, 5.74) is -0.987. The number of rotatable bonds is 6. The number of hydrogen-bond donors (Lipinski definition) is 2. The van der Waals surface area contributed by atoms with Gasteiger partial charge in [-0.15, -0.1) is 0 Å². The van der Waals surface area contributed by atoms with Gasteiger partial charge in [-0.2, -0.15) is 0 Å². The Morgan fingerprint density at radius 3 is 2.21 bits per heavy atom. The molecular formula is C15H27NO3. The first-order chi connectivity index (χ1) is 8.77. The van der Waals surface area contributed by atoms with Gasteiger partial charge in [-0.25, -0.2) is 0 Å². The quantitative estimate of drug-likeness (QED) is 0.779. The molecule has 0 aliphatic heterocycles. The van der Waals surface area contributed by atoms with Gasteiger partial charge in [0, 0.05) is 12.5 Å². The van der Waals surface area contributed by atoms with Crippen molar-refractivity contribution < 1.29 is 14.7 Å². The topological polar surface area (TPSA) is 66.4 Å². The number of carbonyl (C=O) groups excluding carboxylic acids is 1. The predicted octanol–water partition coefficient (Wildman–Crippen LogP) is 2.82. The average Bonchev–Trinajstić information content (AvgIpc) is 2.81. The summed E-state index contributed by atoms with van der Waals surface area (Å²) < 4.78 is 0. The Morgan fingerprint density at radius 2 is 1.79 bits per heavy atom. The molecule has 0 radical (unpaired) electrons. The second-order valence-corrected chi connectivity index (χ2v) is 6.45. The lowest BCUT2D eigenvalue weighted by Crippen LogP contribution is -2.43. The highest BCUT2D eigenvalue weighted by molar-refractivity contribution is 5.85. The van der Waals surface area contributed by atoms with Gasteiger partial charge in [0.2, 0.25) is 5.91 Å². The molecule has 1 rings (SSSR count). The Balaban J connectivity index is 2.55. The summed E-state index contributed by atoms with van der Waals surface area (Å²) in [5.74, 6) is -0.555. The van der Waals surface area contributed by atoms with Gasteiger partial charge in [0.05, 0.1) is 5.41 Å². The molecule has 4 heteroatoms. The van der Waals surface area contributed by atoms with Gasteiger partial charge < -0.3 is 10.4 Å². The van der Waals surface area contributed by atoms with Crippen molar-refractivity contribution in [1.29, 1.82) is 0 Å². The van der Waals surface area contributed by atoms with Crippen molar-refractivity contribution in [3.63, 3.8) is 0 Å². The molecule has 0 heterocycles. The lowest BCUT2D eigenvalue weighted by Gasteiger charge is -2.29. The van der Waals surface area contributed by atoms with E-state index in [1.165, 1.54) is 25.7 Å². The fraction of sp³-hybridized carbons (Fsp3) is 0.867. The molecule has 1 aliphatic carbocycles. The molecule has 1 fully saturated rings. The van der Waals surface area contributed by atoms with Crippen molar-refractivity contribution in [3.05, 3.63) is 0 Å². The van der Waals surface area contributed by atoms with Crippen LogP contribution in [0.5, 0.6) is 0 Å². The maximum Gasteiger partial charge on any atom is 0.310 e. The third kappa shape index (κ3) is 3.95. The van der Waals surface area contributed by atoms with Gasteiger partial charge in [-0.05, 0) is 38.5 Å². The van der Waals surface area contributed by atoms with Crippen molar-refractivity contribution >= 4 is 11.9 Å². The molecule has 0 aromatic heterocycles. The van der Waals surface area contributed by atoms with Crippen molar-refractivity contribution in [3.8, 4) is 0 Å². The van der Waals surface area contributed by atoms with E-state index in [4.69, 9.17) is 0 Å². The van der Waals surface area contributed by atoms with Crippen LogP contribution in [0.3, 0.4) is 0 Å². The van der Waals surface area contributed by atoms with Crippen LogP contribution in [-0.4, -0.2) is 23.0 Å². The van der Waals surface area contributed by atoms with Crippen LogP contribution in [-0.2, 0) is 9.59 Å². The summed E-state index contributed by atoms with van der Waals surface area (Å²) >= 11 is 0. The van der Waals surface area contributed by atoms with Gasteiger partial charge >= 0.3 is 5.97 Å². The average molecular weight is 269 g/mol. The summed E-state index contributed by atoms with van der Waals surface area (Å²) in [6.07, 6.45) is 4.87. The molecule has 0 aromatic carbocycles. The molecule has 0 spiro atoms. The first-order valence-corrected chi connectivity index (χ1v) is 7.30. The van der Waals surface area contributed by atoms with Crippen molar-refractivity contribution in [2.75, 3.05) is 0 Å². The summed E-state index contributed by atoms with van der Waals surface area (Å²) in [6, 6.07) is 0.153. The third-order valence-electron chi connectivity index (χ3n) is 4.79. The molecule has 2 unspecified atom stereocenters. The number of hydrogen-bond acceptors (Lipinski definition) is 2. The molecule has 2 N–H and O–H groups in total. The zero-order valence-corrected chi connectivity index (χ0v) is 12.5. The maximum atomic E-state index is 12.1. The first-order valence-electron chi connectivity index (χ1n) is 7.30. The van der Waals surface area contributed by atoms with Gasteiger partial charge in [-0.1, -0.05) is 26.7 Å². The fourth-order valence-corrected chi connectivity index (χ4v) is 2.74. The molecule has 1 saturated carbocycles. The molecule has 0 bridgehead atoms. The standard InChI is InChI=1S/C15H27NO3/c1-10(2)15(4,14(18)19)9-13(17)16-11(3)12-7-5-6-8-12/h10-12H,5-9H2,1-4H3,(H,16,17)(H,18,19). The highest BCUT2D eigenvalue weighted by Crippen LogP contribution is 2.32. The van der Waals surface area contributed by atoms with Gasteiger partial charge in [0.1, 0.15) is 0 Å². The van der Waals surface area contributed by atoms with Gasteiger partial charge in [-0.3, -0.25) is 9.59 Å². The van der Waals surface area contributed by atoms with E-state index in [2.05, 4.69) is 5.32 Å². The summed E-state index contributed by atoms with van der Waals surface area (Å²) in [7, 11) is 0. The molecule has 0 saturated heterocycles. The van der Waals surface area contributed by atoms with Crippen molar-refractivity contribution in [2.24, 2.45) is 17.3 Å². The lowest BCUT2D eigenvalue weighted by atomic mass is 9.76. The van der Waals surface area contributed by atoms with Crippen LogP contribution in [0.15, 0.2) is 0 Å². The summed E-state index contributed by atoms with van der Waals surface area (Å²) in [5, 5.41) is 12.3. The van der Waals surface area contributed by atoms with Crippen LogP contribution in [0.25, 0.3) is 0 Å². The van der Waals surface area contributed by atoms with Gasteiger partial charge in [0.15, 0.2) is 0 Å². The highest BCUT2D eigenvalue weighted by Gasteiger charge is 2.39. The molecule has 2 atom stereocenters. The second-order valence-electron chi connectivity index (χ2n) is 6.45. The SMILES string of the molecule is CC(NC(=O)CC(C)(C(=O)O)C(C)C)C1CCCC1. The Kier molecular flexibility index (Phi) is 5.39. The van der Waals surface area contributed by atoms with Crippen molar-refractivity contribution in [1.82, 2.24) is 5.32 Å². The second kappa shape index (κ2) is 6.40. The predicted molar refractivity (Wildman–Crippen MR) is 74.8 cm³/mol. The molecule has 1 aliphatic rings. The highest BCUT2D eigenvalue weighted by atomic mass is 16.4. The van der Waals surface area contributed by atoms with Crippen LogP contribution in [0, 0.1) is 17.3 Å². The normalized spacial score (nSPS) is 21.1. The minimum Gasteiger partial charge on any atom is -0.481 e. The van der Waals surface area contributed by atoms with Crippen LogP contribution in [0.1, 0.15) is 59.8 Å². The zero-order chi connectivity index (χ0) is 14.6. The monoisotopic (exact) mass is 269 g/mol. The molecule has 4 nitrogen and oxygen atoms in total. The van der Waals surface area contributed by atoms with Gasteiger partial charge in [0.25, 0.3) is 0 Å². The van der Waals surface area contributed by atoms with E-state index in [-0.39, 0.29) is 24.3 Å². The van der Waals surface area contributed by atoms with E-state index in [1.54, 1.807) is 6.92 Å². The van der Waals surface area contributed by atoms with Crippen LogP contribution < -0.4 is 5.32 Å². The number of carbonyl (C=O) groups is 2. The molecule has 1 amide bonds. The molecular weight excluding hydrogens is 242 g/mol. The summed E-state index contributed by atoms with van der Waals surface area (Å²) in [6.45, 7) is 7.38. The Morgan fingerprint density at radius 1 is 1.26 bits per heavy atom. The largest absolute Gasteiger partial charge is 0.481 e. The van der Waals surface area contributed by atoms with E-state index in [1.807, 2.05) is 20.8 Å². The minimum absolute atomic E-state index is 0.0526. The fourth-order valence-electron chi connectivity index (χ4n) is 2.74. The Bertz CT molecular complexity index is 334. The number of amides is 1. The zero-order valence-electron chi connectivity index (χ0n) is 12.5. The summed E-state index contributed by atoms with van der Waals surface area (Å²) in [4.78, 5) is 23.4. The Labute approximate surface area is 116 Å². The van der Waals surface area contributed by atoms with Crippen LogP contribution in [0.4, 0.5) is 0 Å². The van der Waals surface area contributed by atoms with E-state index in [0.29, 0.717) is 5.92 Å². The maximum absolute atomic E-state index is 12.1. The van der Waals surface area contributed by atoms with Crippen LogP contribution >= 0.6 is 0 Å². The van der Waals surface area contributed by atoms with E-state index in [0.717, 1.165) is 0 Å². The molecule has 110 valence electrons. The third-order valence-corrected chi connectivity index (χ3v) is 4.79.